The molecule has 8 heteroatoms. The fourth-order valence-electron chi connectivity index (χ4n) is 2.96. The number of piperazine rings is 1. The number of benzene rings is 1. The Morgan fingerprint density at radius 1 is 1.00 bits per heavy atom. The van der Waals surface area contributed by atoms with Crippen molar-refractivity contribution in [1.29, 1.82) is 0 Å². The first-order chi connectivity index (χ1) is 12.2. The van der Waals surface area contributed by atoms with Crippen LogP contribution in [0.5, 0.6) is 11.5 Å². The van der Waals surface area contributed by atoms with Gasteiger partial charge in [-0.15, -0.1) is 0 Å². The van der Waals surface area contributed by atoms with Crippen molar-refractivity contribution in [3.63, 3.8) is 0 Å². The van der Waals surface area contributed by atoms with Gasteiger partial charge in [0.25, 0.3) is 0 Å². The summed E-state index contributed by atoms with van der Waals surface area (Å²) in [6.45, 7) is 5.76. The van der Waals surface area contributed by atoms with E-state index in [0.29, 0.717) is 18.3 Å². The molecule has 0 spiro atoms. The maximum atomic E-state index is 5.49. The minimum Gasteiger partial charge on any atom is -0.497 e. The molecule has 0 atom stereocenters. The van der Waals surface area contributed by atoms with Crippen LogP contribution in [0.3, 0.4) is 0 Å². The van der Waals surface area contributed by atoms with Gasteiger partial charge in [-0.05, 0) is 17.7 Å². The number of nitrogens with zero attached hydrogens (tertiary/aromatic N) is 4. The fraction of sp³-hybridized carbons (Fsp3) is 0.529. The Hall–Kier alpha value is -2.16. The Morgan fingerprint density at radius 3 is 2.12 bits per heavy atom. The number of aromatic nitrogens is 2. The second-order valence-corrected chi connectivity index (χ2v) is 6.08. The second-order valence-electron chi connectivity index (χ2n) is 6.08. The summed E-state index contributed by atoms with van der Waals surface area (Å²) < 4.78 is 15.7. The maximum absolute atomic E-state index is 5.49. The molecule has 2 aromatic rings. The van der Waals surface area contributed by atoms with Crippen LogP contribution in [0.2, 0.25) is 0 Å². The van der Waals surface area contributed by atoms with E-state index in [0.717, 1.165) is 44.2 Å². The molecule has 0 saturated carbocycles. The zero-order valence-electron chi connectivity index (χ0n) is 14.8. The molecule has 0 amide bonds. The van der Waals surface area contributed by atoms with Gasteiger partial charge in [-0.1, -0.05) is 5.16 Å². The number of ether oxygens (including phenoxy) is 2. The van der Waals surface area contributed by atoms with E-state index < -0.39 is 0 Å². The smallest absolute Gasteiger partial charge is 0.240 e. The molecule has 1 aliphatic heterocycles. The molecule has 136 valence electrons. The lowest BCUT2D eigenvalue weighted by molar-refractivity contribution is 0.119. The molecule has 2 heterocycles. The highest BCUT2D eigenvalue weighted by atomic mass is 16.5. The molecular weight excluding hydrogens is 322 g/mol. The van der Waals surface area contributed by atoms with E-state index in [1.807, 2.05) is 6.07 Å². The Morgan fingerprint density at radius 2 is 1.60 bits per heavy atom. The van der Waals surface area contributed by atoms with E-state index in [9.17, 15) is 0 Å². The number of rotatable bonds is 7. The van der Waals surface area contributed by atoms with Gasteiger partial charge in [0.1, 0.15) is 11.5 Å². The lowest BCUT2D eigenvalue weighted by Gasteiger charge is -2.34. The van der Waals surface area contributed by atoms with Crippen LogP contribution in [0.1, 0.15) is 17.3 Å². The highest BCUT2D eigenvalue weighted by molar-refractivity contribution is 5.38. The van der Waals surface area contributed by atoms with Crippen molar-refractivity contribution in [1.82, 2.24) is 19.9 Å². The molecule has 1 saturated heterocycles. The summed E-state index contributed by atoms with van der Waals surface area (Å²) in [6.07, 6.45) is 0. The average molecular weight is 347 g/mol. The molecular formula is C17H25N5O3. The highest BCUT2D eigenvalue weighted by Gasteiger charge is 2.19. The van der Waals surface area contributed by atoms with E-state index in [1.54, 1.807) is 14.2 Å². The van der Waals surface area contributed by atoms with Crippen LogP contribution >= 0.6 is 0 Å². The molecule has 0 aliphatic carbocycles. The van der Waals surface area contributed by atoms with E-state index in [4.69, 9.17) is 19.7 Å². The van der Waals surface area contributed by atoms with E-state index in [1.165, 1.54) is 5.56 Å². The van der Waals surface area contributed by atoms with Crippen molar-refractivity contribution in [3.05, 3.63) is 35.5 Å². The first kappa shape index (κ1) is 17.7. The van der Waals surface area contributed by atoms with Gasteiger partial charge in [0.2, 0.25) is 5.89 Å². The van der Waals surface area contributed by atoms with Crippen LogP contribution in [0.25, 0.3) is 0 Å². The summed E-state index contributed by atoms with van der Waals surface area (Å²) in [7, 11) is 3.34. The van der Waals surface area contributed by atoms with Gasteiger partial charge < -0.3 is 19.7 Å². The first-order valence-electron chi connectivity index (χ1n) is 8.38. The van der Waals surface area contributed by atoms with Gasteiger partial charge in [0.05, 0.1) is 27.3 Å². The van der Waals surface area contributed by atoms with E-state index >= 15 is 0 Å². The van der Waals surface area contributed by atoms with Gasteiger partial charge in [-0.25, -0.2) is 0 Å². The van der Waals surface area contributed by atoms with Crippen LogP contribution in [0, 0.1) is 0 Å². The van der Waals surface area contributed by atoms with Crippen molar-refractivity contribution in [3.8, 4) is 11.5 Å². The number of hydrogen-bond donors (Lipinski definition) is 1. The Bertz CT molecular complexity index is 660. The summed E-state index contributed by atoms with van der Waals surface area (Å²) in [5.74, 6) is 2.83. The largest absolute Gasteiger partial charge is 0.497 e. The summed E-state index contributed by atoms with van der Waals surface area (Å²) in [5, 5.41) is 3.96. The lowest BCUT2D eigenvalue weighted by atomic mass is 10.1. The van der Waals surface area contributed by atoms with Crippen molar-refractivity contribution in [2.75, 3.05) is 40.4 Å². The topological polar surface area (TPSA) is 89.9 Å². The third-order valence-electron chi connectivity index (χ3n) is 4.33. The van der Waals surface area contributed by atoms with Gasteiger partial charge in [-0.2, -0.15) is 4.98 Å². The third-order valence-corrected chi connectivity index (χ3v) is 4.33. The quantitative estimate of drug-likeness (QED) is 0.789. The lowest BCUT2D eigenvalue weighted by Crippen LogP contribution is -2.45. The molecule has 0 unspecified atom stereocenters. The van der Waals surface area contributed by atoms with Crippen molar-refractivity contribution >= 4 is 0 Å². The number of methoxy groups -OCH3 is 2. The van der Waals surface area contributed by atoms with Crippen LogP contribution < -0.4 is 15.2 Å². The van der Waals surface area contributed by atoms with Crippen molar-refractivity contribution in [2.24, 2.45) is 5.73 Å². The second kappa shape index (κ2) is 8.28. The number of nitrogens with two attached hydrogens (primary N) is 1. The standard InChI is InChI=1S/C17H25N5O3/c1-23-14-7-13(8-15(9-14)24-2)11-21-3-5-22(6-4-21)12-16-19-17(10-18)25-20-16/h7-9H,3-6,10-12,18H2,1-2H3. The van der Waals surface area contributed by atoms with Gasteiger partial charge >= 0.3 is 0 Å². The zero-order valence-corrected chi connectivity index (χ0v) is 14.8. The third kappa shape index (κ3) is 4.68. The highest BCUT2D eigenvalue weighted by Crippen LogP contribution is 2.23. The molecule has 0 bridgehead atoms. The summed E-state index contributed by atoms with van der Waals surface area (Å²) >= 11 is 0. The Balaban J connectivity index is 1.52. The number of hydrogen-bond acceptors (Lipinski definition) is 8. The van der Waals surface area contributed by atoms with Crippen LogP contribution in [0.4, 0.5) is 0 Å². The van der Waals surface area contributed by atoms with E-state index in [2.05, 4.69) is 32.1 Å². The molecule has 3 rings (SSSR count). The Kier molecular flexibility index (Phi) is 5.85. The van der Waals surface area contributed by atoms with Gasteiger partial charge in [-0.3, -0.25) is 9.80 Å². The van der Waals surface area contributed by atoms with Gasteiger partial charge in [0, 0.05) is 38.8 Å². The molecule has 1 aromatic carbocycles. The zero-order chi connectivity index (χ0) is 17.6. The molecule has 1 aromatic heterocycles. The molecule has 25 heavy (non-hydrogen) atoms. The monoisotopic (exact) mass is 347 g/mol. The minimum absolute atomic E-state index is 0.283. The predicted molar refractivity (Wildman–Crippen MR) is 92.3 cm³/mol. The fourth-order valence-corrected chi connectivity index (χ4v) is 2.96. The van der Waals surface area contributed by atoms with Crippen LogP contribution in [-0.2, 0) is 19.6 Å². The van der Waals surface area contributed by atoms with E-state index in [-0.39, 0.29) is 6.54 Å². The molecule has 2 N–H and O–H groups in total. The summed E-state index contributed by atoms with van der Waals surface area (Å²) in [6, 6.07) is 6.01. The van der Waals surface area contributed by atoms with Crippen LogP contribution in [0.15, 0.2) is 22.7 Å². The average Bonchev–Trinajstić information content (AvgIpc) is 3.10. The SMILES string of the molecule is COc1cc(CN2CCN(Cc3noc(CN)n3)CC2)cc(OC)c1. The first-order valence-corrected chi connectivity index (χ1v) is 8.38. The summed E-state index contributed by atoms with van der Waals surface area (Å²) in [5.41, 5.74) is 6.68. The summed E-state index contributed by atoms with van der Waals surface area (Å²) in [4.78, 5) is 9.01. The molecule has 1 aliphatic rings. The minimum atomic E-state index is 0.283. The molecule has 8 nitrogen and oxygen atoms in total. The molecule has 0 radical (unpaired) electrons. The van der Waals surface area contributed by atoms with Crippen LogP contribution in [-0.4, -0.2) is 60.3 Å². The maximum Gasteiger partial charge on any atom is 0.240 e. The van der Waals surface area contributed by atoms with Crippen molar-refractivity contribution in [2.45, 2.75) is 19.6 Å². The van der Waals surface area contributed by atoms with Gasteiger partial charge in [0.15, 0.2) is 5.82 Å². The normalized spacial score (nSPS) is 16.1. The predicted octanol–water partition coefficient (Wildman–Crippen LogP) is 0.863. The van der Waals surface area contributed by atoms with Crippen molar-refractivity contribution < 1.29 is 14.0 Å². The Labute approximate surface area is 147 Å². The molecule has 1 fully saturated rings.